The van der Waals surface area contributed by atoms with Crippen molar-refractivity contribution in [1.29, 1.82) is 0 Å². The van der Waals surface area contributed by atoms with Crippen molar-refractivity contribution in [3.8, 4) is 0 Å². The Bertz CT molecular complexity index is 1130. The molecule has 0 saturated heterocycles. The first kappa shape index (κ1) is 20.5. The van der Waals surface area contributed by atoms with Gasteiger partial charge in [-0.2, -0.15) is 0 Å². The van der Waals surface area contributed by atoms with Crippen molar-refractivity contribution in [2.24, 2.45) is 5.92 Å². The molecule has 2 aliphatic carbocycles. The molecular weight excluding hydrogens is 452 g/mol. The molecular formula is C25H32SSiZr. The summed E-state index contributed by atoms with van der Waals surface area (Å²) in [5, 5.41) is 2.21. The maximum atomic E-state index is 2.71. The summed E-state index contributed by atoms with van der Waals surface area (Å²) in [6.07, 6.45) is 0. The molecule has 2 unspecified atom stereocenters. The van der Waals surface area contributed by atoms with Gasteiger partial charge in [-0.25, -0.2) is 0 Å². The van der Waals surface area contributed by atoms with Crippen LogP contribution in [0.15, 0.2) is 67.4 Å². The molecule has 2 atom stereocenters. The SMILES string of the molecule is CC1=C(C)C(C)[C]([Zr]([CH3])([CH3])(=[SiH2])[CH]2C(C)=C(c3cccs3)c3ccccc32)=C1C. The van der Waals surface area contributed by atoms with Gasteiger partial charge >= 0.3 is 178 Å². The standard InChI is InChI=1S/C14H11S.C9H13.2CH3.H2Si.Zr/c1-10-9-11-5-2-3-6-12(11)14(10)13-7-4-8-15-13;1-6-5-7(2)9(4)8(6)3;;;;/h2-9H,1H3;6H,1-4H3;2*1H3;1H2;. The minimum atomic E-state index is -3.32. The van der Waals surface area contributed by atoms with E-state index in [1.54, 1.807) is 27.9 Å². The first-order chi connectivity index (χ1) is 13.0. The molecule has 0 saturated carbocycles. The third-order valence-corrected chi connectivity index (χ3v) is 25.9. The topological polar surface area (TPSA) is 0 Å². The van der Waals surface area contributed by atoms with Crippen LogP contribution in [0.3, 0.4) is 0 Å². The summed E-state index contributed by atoms with van der Waals surface area (Å²) < 4.78 is 7.85. The zero-order valence-corrected chi connectivity index (χ0v) is 23.0. The molecule has 1 heterocycles. The van der Waals surface area contributed by atoms with E-state index in [2.05, 4.69) is 92.5 Å². The summed E-state index contributed by atoms with van der Waals surface area (Å²) in [5.74, 6) is 0.601. The predicted molar refractivity (Wildman–Crippen MR) is 126 cm³/mol. The number of rotatable bonds is 3. The van der Waals surface area contributed by atoms with Crippen molar-refractivity contribution >= 4 is 23.8 Å². The van der Waals surface area contributed by atoms with Gasteiger partial charge in [-0.1, -0.05) is 0 Å². The van der Waals surface area contributed by atoms with Crippen molar-refractivity contribution < 1.29 is 17.4 Å². The fourth-order valence-electron chi connectivity index (χ4n) is 6.35. The number of fused-ring (bicyclic) bond motifs is 1. The van der Waals surface area contributed by atoms with Crippen molar-refractivity contribution in [2.75, 3.05) is 0 Å². The van der Waals surface area contributed by atoms with Crippen LogP contribution in [0.2, 0.25) is 9.26 Å². The van der Waals surface area contributed by atoms with Crippen LogP contribution in [0.1, 0.15) is 54.2 Å². The van der Waals surface area contributed by atoms with Gasteiger partial charge in [0, 0.05) is 0 Å². The first-order valence-electron chi connectivity index (χ1n) is 10.3. The van der Waals surface area contributed by atoms with Gasteiger partial charge in [0.25, 0.3) is 0 Å². The Morgan fingerprint density at radius 2 is 1.57 bits per heavy atom. The van der Waals surface area contributed by atoms with Gasteiger partial charge in [-0.05, 0) is 0 Å². The molecule has 1 aromatic heterocycles. The number of hydrogen-bond acceptors (Lipinski definition) is 1. The normalized spacial score (nSPS) is 23.1. The van der Waals surface area contributed by atoms with Crippen LogP contribution in [-0.4, -0.2) is 6.88 Å². The second kappa shape index (κ2) is 6.62. The molecule has 146 valence electrons. The molecule has 0 nitrogen and oxygen atoms in total. The fraction of sp³-hybridized carbons (Fsp3) is 0.360. The molecule has 0 bridgehead atoms. The van der Waals surface area contributed by atoms with Crippen molar-refractivity contribution in [2.45, 2.75) is 47.5 Å². The molecule has 0 amide bonds. The molecule has 0 aliphatic heterocycles. The quantitative estimate of drug-likeness (QED) is 0.404. The molecule has 0 spiro atoms. The Labute approximate surface area is 176 Å². The number of allylic oxidation sites excluding steroid dienone is 5. The van der Waals surface area contributed by atoms with Crippen LogP contribution in [0.5, 0.6) is 0 Å². The second-order valence-corrected chi connectivity index (χ2v) is 40.3. The molecule has 3 heteroatoms. The van der Waals surface area contributed by atoms with Gasteiger partial charge in [0.2, 0.25) is 0 Å². The molecule has 2 aliphatic rings. The molecule has 4 rings (SSSR count). The summed E-state index contributed by atoms with van der Waals surface area (Å²) in [4.78, 5) is 1.43. The van der Waals surface area contributed by atoms with Gasteiger partial charge in [-0.3, -0.25) is 0 Å². The fourth-order valence-corrected chi connectivity index (χ4v) is 28.8. The van der Waals surface area contributed by atoms with Crippen molar-refractivity contribution in [3.63, 3.8) is 0 Å². The Morgan fingerprint density at radius 1 is 0.893 bits per heavy atom. The van der Waals surface area contributed by atoms with Crippen LogP contribution in [0.25, 0.3) is 5.57 Å². The van der Waals surface area contributed by atoms with E-state index in [0.717, 1.165) is 0 Å². The molecule has 28 heavy (non-hydrogen) atoms. The molecule has 0 N–H and O–H groups in total. The van der Waals surface area contributed by atoms with E-state index in [-0.39, 0.29) is 0 Å². The van der Waals surface area contributed by atoms with E-state index < -0.39 is 17.4 Å². The Balaban J connectivity index is 2.00. The Morgan fingerprint density at radius 3 is 2.14 bits per heavy atom. The van der Waals surface area contributed by atoms with E-state index in [1.165, 1.54) is 16.0 Å². The van der Waals surface area contributed by atoms with E-state index in [4.69, 9.17) is 0 Å². The molecule has 0 radical (unpaired) electrons. The molecule has 2 aromatic rings. The van der Waals surface area contributed by atoms with Gasteiger partial charge in [0.05, 0.1) is 0 Å². The average molecular weight is 484 g/mol. The third kappa shape index (κ3) is 2.76. The van der Waals surface area contributed by atoms with Crippen molar-refractivity contribution in [3.05, 3.63) is 83.4 Å². The van der Waals surface area contributed by atoms with Gasteiger partial charge in [-0.15, -0.1) is 0 Å². The summed E-state index contributed by atoms with van der Waals surface area (Å²) >= 11 is -1.44. The minimum absolute atomic E-state index is 0.596. The van der Waals surface area contributed by atoms with Crippen LogP contribution < -0.4 is 0 Å². The van der Waals surface area contributed by atoms with E-state index >= 15 is 0 Å². The predicted octanol–water partition coefficient (Wildman–Crippen LogP) is 7.22. The first-order valence-corrected chi connectivity index (χ1v) is 24.7. The van der Waals surface area contributed by atoms with Crippen LogP contribution in [0, 0.1) is 5.92 Å². The zero-order valence-electron chi connectivity index (χ0n) is 18.3. The second-order valence-electron chi connectivity index (χ2n) is 9.93. The van der Waals surface area contributed by atoms with Crippen LogP contribution in [-0.2, 0) is 17.4 Å². The number of benzene rings is 1. The third-order valence-electron chi connectivity index (χ3n) is 7.59. The number of hydrogen-bond donors (Lipinski definition) is 0. The van der Waals surface area contributed by atoms with Crippen LogP contribution >= 0.6 is 11.3 Å². The summed E-state index contributed by atoms with van der Waals surface area (Å²) in [5.41, 5.74) is 10.9. The van der Waals surface area contributed by atoms with E-state index in [1.807, 2.05) is 14.6 Å². The monoisotopic (exact) mass is 482 g/mol. The number of thiophene rings is 1. The molecule has 1 aromatic carbocycles. The zero-order chi connectivity index (χ0) is 20.5. The summed E-state index contributed by atoms with van der Waals surface area (Å²) in [6, 6.07) is 13.7. The van der Waals surface area contributed by atoms with E-state index in [0.29, 0.717) is 9.54 Å². The van der Waals surface area contributed by atoms with Crippen LogP contribution in [0.4, 0.5) is 0 Å². The average Bonchev–Trinajstić information content (AvgIpc) is 3.28. The van der Waals surface area contributed by atoms with Gasteiger partial charge in [0.1, 0.15) is 0 Å². The maximum absolute atomic E-state index is 3.32. The Kier molecular flexibility index (Phi) is 4.85. The van der Waals surface area contributed by atoms with Gasteiger partial charge in [0.15, 0.2) is 0 Å². The summed E-state index contributed by atoms with van der Waals surface area (Å²) in [7, 11) is 0. The van der Waals surface area contributed by atoms with Gasteiger partial charge < -0.3 is 0 Å². The molecule has 0 fully saturated rings. The summed E-state index contributed by atoms with van der Waals surface area (Å²) in [6.45, 7) is 14.4. The Hall–Kier alpha value is -0.760. The van der Waals surface area contributed by atoms with Crippen molar-refractivity contribution in [1.82, 2.24) is 0 Å². The van der Waals surface area contributed by atoms with E-state index in [9.17, 15) is 0 Å².